The van der Waals surface area contributed by atoms with Gasteiger partial charge in [-0.1, -0.05) is 35.9 Å². The zero-order valence-corrected chi connectivity index (χ0v) is 11.4. The highest BCUT2D eigenvalue weighted by molar-refractivity contribution is 6.30. The van der Waals surface area contributed by atoms with Gasteiger partial charge in [0.15, 0.2) is 0 Å². The normalized spacial score (nSPS) is 10.5. The molecule has 0 aliphatic carbocycles. The van der Waals surface area contributed by atoms with Crippen LogP contribution in [-0.4, -0.2) is 7.11 Å². The van der Waals surface area contributed by atoms with Crippen molar-refractivity contribution in [3.8, 4) is 5.75 Å². The van der Waals surface area contributed by atoms with Gasteiger partial charge in [-0.25, -0.2) is 4.39 Å². The summed E-state index contributed by atoms with van der Waals surface area (Å²) in [7, 11) is 1.63. The molecular formula is C15H15ClFNO. The number of nitrogens with one attached hydrogen (secondary N) is 1. The van der Waals surface area contributed by atoms with Crippen LogP contribution in [0.3, 0.4) is 0 Å². The summed E-state index contributed by atoms with van der Waals surface area (Å²) < 4.78 is 18.8. The Hall–Kier alpha value is -1.58. The largest absolute Gasteiger partial charge is 0.497 e. The molecule has 0 saturated heterocycles. The smallest absolute Gasteiger partial charge is 0.146 e. The Morgan fingerprint density at radius 2 is 1.95 bits per heavy atom. The standard InChI is InChI=1S/C15H15ClFNO/c1-19-13-6-2-4-11(8-13)9-18-10-12-5-3-7-14(16)15(12)17/h2-8,18H,9-10H2,1H3. The van der Waals surface area contributed by atoms with Crippen molar-refractivity contribution in [1.82, 2.24) is 5.32 Å². The highest BCUT2D eigenvalue weighted by Crippen LogP contribution is 2.18. The van der Waals surface area contributed by atoms with Crippen molar-refractivity contribution < 1.29 is 9.13 Å². The van der Waals surface area contributed by atoms with Gasteiger partial charge in [0, 0.05) is 18.7 Å². The third-order valence-corrected chi connectivity index (χ3v) is 3.10. The number of halogens is 2. The van der Waals surface area contributed by atoms with Gasteiger partial charge in [0.1, 0.15) is 11.6 Å². The predicted molar refractivity (Wildman–Crippen MR) is 74.9 cm³/mol. The summed E-state index contributed by atoms with van der Waals surface area (Å²) in [6.45, 7) is 1.08. The fourth-order valence-corrected chi connectivity index (χ4v) is 2.00. The zero-order valence-electron chi connectivity index (χ0n) is 10.6. The van der Waals surface area contributed by atoms with Gasteiger partial charge in [-0.3, -0.25) is 0 Å². The van der Waals surface area contributed by atoms with Gasteiger partial charge in [-0.2, -0.15) is 0 Å². The second-order valence-electron chi connectivity index (χ2n) is 4.17. The first kappa shape index (κ1) is 13.8. The molecule has 2 rings (SSSR count). The molecule has 2 aromatic carbocycles. The van der Waals surface area contributed by atoms with E-state index in [2.05, 4.69) is 5.32 Å². The van der Waals surface area contributed by atoms with Crippen LogP contribution in [0, 0.1) is 5.82 Å². The Labute approximate surface area is 117 Å². The lowest BCUT2D eigenvalue weighted by Crippen LogP contribution is -2.13. The fourth-order valence-electron chi connectivity index (χ4n) is 1.81. The third kappa shape index (κ3) is 3.69. The van der Waals surface area contributed by atoms with E-state index in [4.69, 9.17) is 16.3 Å². The fraction of sp³-hybridized carbons (Fsp3) is 0.200. The summed E-state index contributed by atoms with van der Waals surface area (Å²) in [5, 5.41) is 3.34. The van der Waals surface area contributed by atoms with Crippen LogP contribution in [0.2, 0.25) is 5.02 Å². The average molecular weight is 280 g/mol. The van der Waals surface area contributed by atoms with Crippen LogP contribution in [-0.2, 0) is 13.1 Å². The molecule has 0 heterocycles. The molecule has 0 aliphatic heterocycles. The number of rotatable bonds is 5. The second kappa shape index (κ2) is 6.55. The first-order chi connectivity index (χ1) is 9.20. The van der Waals surface area contributed by atoms with Gasteiger partial charge < -0.3 is 10.1 Å². The van der Waals surface area contributed by atoms with Gasteiger partial charge in [-0.15, -0.1) is 0 Å². The molecular weight excluding hydrogens is 265 g/mol. The molecule has 1 N–H and O–H groups in total. The number of hydrogen-bond acceptors (Lipinski definition) is 2. The highest BCUT2D eigenvalue weighted by atomic mass is 35.5. The zero-order chi connectivity index (χ0) is 13.7. The molecule has 0 aromatic heterocycles. The predicted octanol–water partition coefficient (Wildman–Crippen LogP) is 3.78. The average Bonchev–Trinajstić information content (AvgIpc) is 2.44. The quantitative estimate of drug-likeness (QED) is 0.899. The molecule has 0 bridgehead atoms. The van der Waals surface area contributed by atoms with Crippen molar-refractivity contribution in [1.29, 1.82) is 0 Å². The minimum atomic E-state index is -0.359. The Morgan fingerprint density at radius 3 is 2.74 bits per heavy atom. The molecule has 2 aromatic rings. The van der Waals surface area contributed by atoms with E-state index in [-0.39, 0.29) is 10.8 Å². The minimum absolute atomic E-state index is 0.153. The van der Waals surface area contributed by atoms with E-state index in [1.807, 2.05) is 24.3 Å². The van der Waals surface area contributed by atoms with E-state index in [1.54, 1.807) is 25.3 Å². The van der Waals surface area contributed by atoms with Gasteiger partial charge in [0.2, 0.25) is 0 Å². The van der Waals surface area contributed by atoms with Gasteiger partial charge in [-0.05, 0) is 23.8 Å². The van der Waals surface area contributed by atoms with Gasteiger partial charge in [0.05, 0.1) is 12.1 Å². The van der Waals surface area contributed by atoms with Crippen molar-refractivity contribution >= 4 is 11.6 Å². The van der Waals surface area contributed by atoms with Crippen LogP contribution < -0.4 is 10.1 Å². The van der Waals surface area contributed by atoms with Crippen molar-refractivity contribution in [2.75, 3.05) is 7.11 Å². The van der Waals surface area contributed by atoms with Gasteiger partial charge >= 0.3 is 0 Å². The van der Waals surface area contributed by atoms with Crippen LogP contribution >= 0.6 is 11.6 Å². The lowest BCUT2D eigenvalue weighted by molar-refractivity contribution is 0.414. The molecule has 0 radical (unpaired) electrons. The SMILES string of the molecule is COc1cccc(CNCc2cccc(Cl)c2F)c1. The van der Waals surface area contributed by atoms with Crippen molar-refractivity contribution in [3.05, 3.63) is 64.4 Å². The first-order valence-corrected chi connectivity index (χ1v) is 6.35. The van der Waals surface area contributed by atoms with E-state index in [1.165, 1.54) is 0 Å². The Balaban J connectivity index is 1.94. The molecule has 0 fully saturated rings. The van der Waals surface area contributed by atoms with Crippen LogP contribution in [0.4, 0.5) is 4.39 Å². The van der Waals surface area contributed by atoms with E-state index >= 15 is 0 Å². The molecule has 0 amide bonds. The molecule has 0 aliphatic rings. The van der Waals surface area contributed by atoms with Crippen LogP contribution in [0.1, 0.15) is 11.1 Å². The van der Waals surface area contributed by atoms with E-state index in [0.717, 1.165) is 11.3 Å². The summed E-state index contributed by atoms with van der Waals surface area (Å²) in [6, 6.07) is 12.8. The van der Waals surface area contributed by atoms with Crippen molar-refractivity contribution in [3.63, 3.8) is 0 Å². The van der Waals surface area contributed by atoms with E-state index in [0.29, 0.717) is 18.7 Å². The Kier molecular flexibility index (Phi) is 4.77. The summed E-state index contributed by atoms with van der Waals surface area (Å²) >= 11 is 5.73. The third-order valence-electron chi connectivity index (χ3n) is 2.81. The maximum absolute atomic E-state index is 13.7. The molecule has 100 valence electrons. The Morgan fingerprint density at radius 1 is 1.16 bits per heavy atom. The maximum atomic E-state index is 13.7. The molecule has 4 heteroatoms. The van der Waals surface area contributed by atoms with Gasteiger partial charge in [0.25, 0.3) is 0 Å². The molecule has 0 spiro atoms. The number of methoxy groups -OCH3 is 1. The van der Waals surface area contributed by atoms with Crippen molar-refractivity contribution in [2.24, 2.45) is 0 Å². The first-order valence-electron chi connectivity index (χ1n) is 5.97. The highest BCUT2D eigenvalue weighted by Gasteiger charge is 2.05. The number of ether oxygens (including phenoxy) is 1. The molecule has 2 nitrogen and oxygen atoms in total. The van der Waals surface area contributed by atoms with Crippen LogP contribution in [0.25, 0.3) is 0 Å². The van der Waals surface area contributed by atoms with E-state index in [9.17, 15) is 4.39 Å². The maximum Gasteiger partial charge on any atom is 0.146 e. The lowest BCUT2D eigenvalue weighted by Gasteiger charge is -2.08. The summed E-state index contributed by atoms with van der Waals surface area (Å²) in [4.78, 5) is 0. The topological polar surface area (TPSA) is 21.3 Å². The Bertz CT molecular complexity index is 560. The molecule has 19 heavy (non-hydrogen) atoms. The van der Waals surface area contributed by atoms with E-state index < -0.39 is 0 Å². The second-order valence-corrected chi connectivity index (χ2v) is 4.58. The summed E-state index contributed by atoms with van der Waals surface area (Å²) in [5.74, 6) is 0.454. The molecule has 0 unspecified atom stereocenters. The van der Waals surface area contributed by atoms with Crippen LogP contribution in [0.5, 0.6) is 5.75 Å². The summed E-state index contributed by atoms with van der Waals surface area (Å²) in [5.41, 5.74) is 1.65. The van der Waals surface area contributed by atoms with Crippen LogP contribution in [0.15, 0.2) is 42.5 Å². The number of benzene rings is 2. The molecule has 0 saturated carbocycles. The van der Waals surface area contributed by atoms with Crippen molar-refractivity contribution in [2.45, 2.75) is 13.1 Å². The summed E-state index contributed by atoms with van der Waals surface area (Å²) in [6.07, 6.45) is 0. The molecule has 0 atom stereocenters. The minimum Gasteiger partial charge on any atom is -0.497 e. The lowest BCUT2D eigenvalue weighted by atomic mass is 10.2. The monoisotopic (exact) mass is 279 g/mol. The number of hydrogen-bond donors (Lipinski definition) is 1.